The maximum Gasteiger partial charge on any atom is 0.260 e. The molecule has 0 bridgehead atoms. The lowest BCUT2D eigenvalue weighted by molar-refractivity contribution is -0.254. The number of thiophene rings is 1. The molecule has 0 radical (unpaired) electrons. The molecule has 28 heavy (non-hydrogen) atoms. The fourth-order valence-electron chi connectivity index (χ4n) is 2.81. The molecule has 0 aliphatic heterocycles. The molecule has 0 aliphatic carbocycles. The molecule has 0 atom stereocenters. The normalized spacial score (nSPS) is 11.1. The third-order valence-corrected chi connectivity index (χ3v) is 5.29. The van der Waals surface area contributed by atoms with Crippen LogP contribution in [0.4, 0.5) is 0 Å². The summed E-state index contributed by atoms with van der Waals surface area (Å²) in [7, 11) is 4.56. The third kappa shape index (κ3) is 3.44. The van der Waals surface area contributed by atoms with Gasteiger partial charge in [0.25, 0.3) is 5.56 Å². The minimum Gasteiger partial charge on any atom is -0.544 e. The van der Waals surface area contributed by atoms with E-state index in [1.165, 1.54) is 21.3 Å². The first kappa shape index (κ1) is 19.4. The Balaban J connectivity index is 2.04. The van der Waals surface area contributed by atoms with Crippen LogP contribution in [0.1, 0.15) is 26.6 Å². The molecule has 3 aromatic rings. The summed E-state index contributed by atoms with van der Waals surface area (Å²) in [6, 6.07) is 3.50. The molecule has 2 heterocycles. The molecule has 0 unspecified atom stereocenters. The Morgan fingerprint density at radius 1 is 1.14 bits per heavy atom. The van der Waals surface area contributed by atoms with Crippen LogP contribution in [0.2, 0.25) is 0 Å². The number of carboxylic acid groups (broad SMARTS) is 1. The number of rotatable bonds is 6. The van der Waals surface area contributed by atoms with Crippen LogP contribution in [0.3, 0.4) is 0 Å². The minimum atomic E-state index is -1.32. The summed E-state index contributed by atoms with van der Waals surface area (Å²) in [5.41, 5.74) is 0.680. The molecule has 9 heteroatoms. The number of aromatic nitrogens is 2. The molecule has 0 aliphatic rings. The first-order valence-corrected chi connectivity index (χ1v) is 8.94. The lowest BCUT2D eigenvalue weighted by Gasteiger charge is -2.12. The summed E-state index contributed by atoms with van der Waals surface area (Å²) >= 11 is 0.916. The van der Waals surface area contributed by atoms with E-state index < -0.39 is 11.5 Å². The zero-order valence-electron chi connectivity index (χ0n) is 15.6. The summed E-state index contributed by atoms with van der Waals surface area (Å²) in [4.78, 5) is 30.9. The topological polar surface area (TPSA) is 114 Å². The number of nitrogens with zero attached hydrogens (tertiary/aromatic N) is 1. The average molecular weight is 401 g/mol. The number of benzene rings is 1. The van der Waals surface area contributed by atoms with Crippen molar-refractivity contribution in [3.63, 3.8) is 0 Å². The van der Waals surface area contributed by atoms with Gasteiger partial charge < -0.3 is 29.1 Å². The minimum absolute atomic E-state index is 0.00115. The summed E-state index contributed by atoms with van der Waals surface area (Å²) in [6.07, 6.45) is 3.32. The molecule has 3 rings (SSSR count). The second kappa shape index (κ2) is 7.73. The average Bonchev–Trinajstić information content (AvgIpc) is 3.02. The van der Waals surface area contributed by atoms with E-state index in [9.17, 15) is 14.7 Å². The fraction of sp³-hybridized carbons (Fsp3) is 0.211. The second-order valence-electron chi connectivity index (χ2n) is 5.77. The Hall–Kier alpha value is -3.33. The van der Waals surface area contributed by atoms with Crippen LogP contribution < -0.4 is 24.9 Å². The van der Waals surface area contributed by atoms with E-state index in [4.69, 9.17) is 14.2 Å². The van der Waals surface area contributed by atoms with E-state index in [2.05, 4.69) is 9.97 Å². The summed E-state index contributed by atoms with van der Waals surface area (Å²) in [5, 5.41) is 11.4. The van der Waals surface area contributed by atoms with Crippen LogP contribution in [-0.2, 0) is 0 Å². The molecule has 1 N–H and O–H groups in total. The molecule has 0 saturated carbocycles. The van der Waals surface area contributed by atoms with Crippen molar-refractivity contribution in [2.75, 3.05) is 21.3 Å². The van der Waals surface area contributed by atoms with Crippen LogP contribution in [0.25, 0.3) is 22.4 Å². The smallest absolute Gasteiger partial charge is 0.260 e. The van der Waals surface area contributed by atoms with Crippen LogP contribution in [-0.4, -0.2) is 37.3 Å². The van der Waals surface area contributed by atoms with Gasteiger partial charge in [-0.2, -0.15) is 0 Å². The Morgan fingerprint density at radius 2 is 1.79 bits per heavy atom. The standard InChI is InChI=1S/C19H18N2O6S/c1-9-14-17(22)20-13(21-18(14)28-16(9)19(23)24)6-5-10-7-11(25-2)15(27-4)12(8-10)26-3/h5-8H,1-4H3,(H,23,24)(H,20,21,22)/p-1/b6-5+. The van der Waals surface area contributed by atoms with Gasteiger partial charge in [0.1, 0.15) is 10.7 Å². The van der Waals surface area contributed by atoms with E-state index >= 15 is 0 Å². The van der Waals surface area contributed by atoms with Gasteiger partial charge in [0.15, 0.2) is 11.5 Å². The van der Waals surface area contributed by atoms with Crippen molar-refractivity contribution in [2.45, 2.75) is 6.92 Å². The maximum absolute atomic E-state index is 12.4. The van der Waals surface area contributed by atoms with E-state index in [0.717, 1.165) is 16.9 Å². The van der Waals surface area contributed by atoms with Crippen molar-refractivity contribution in [3.8, 4) is 17.2 Å². The highest BCUT2D eigenvalue weighted by Crippen LogP contribution is 2.38. The number of carbonyl (C=O) groups excluding carboxylic acids is 1. The maximum atomic E-state index is 12.4. The van der Waals surface area contributed by atoms with Gasteiger partial charge in [-0.3, -0.25) is 4.79 Å². The predicted octanol–water partition coefficient (Wildman–Crippen LogP) is 1.85. The largest absolute Gasteiger partial charge is 0.544 e. The number of H-pyrrole nitrogens is 1. The first-order valence-electron chi connectivity index (χ1n) is 8.12. The van der Waals surface area contributed by atoms with E-state index in [1.54, 1.807) is 31.2 Å². The number of aromatic carboxylic acids is 1. The summed E-state index contributed by atoms with van der Waals surface area (Å²) < 4.78 is 15.9. The van der Waals surface area contributed by atoms with Crippen LogP contribution in [0, 0.1) is 6.92 Å². The molecule has 1 aromatic carbocycles. The Bertz CT molecular complexity index is 1120. The van der Waals surface area contributed by atoms with Crippen molar-refractivity contribution in [3.05, 3.63) is 44.3 Å². The lowest BCUT2D eigenvalue weighted by Crippen LogP contribution is -2.21. The Kier molecular flexibility index (Phi) is 5.36. The number of hydrogen-bond donors (Lipinski definition) is 1. The second-order valence-corrected chi connectivity index (χ2v) is 6.77. The zero-order chi connectivity index (χ0) is 20.4. The number of ether oxygens (including phenoxy) is 3. The van der Waals surface area contributed by atoms with Crippen LogP contribution in [0.15, 0.2) is 16.9 Å². The number of aromatic amines is 1. The van der Waals surface area contributed by atoms with Gasteiger partial charge in [0.05, 0.1) is 37.6 Å². The highest BCUT2D eigenvalue weighted by Gasteiger charge is 2.15. The van der Waals surface area contributed by atoms with Gasteiger partial charge in [-0.1, -0.05) is 6.08 Å². The molecule has 146 valence electrons. The van der Waals surface area contributed by atoms with Crippen LogP contribution in [0.5, 0.6) is 17.2 Å². The molecule has 0 saturated heterocycles. The van der Waals surface area contributed by atoms with Gasteiger partial charge in [-0.15, -0.1) is 11.3 Å². The number of methoxy groups -OCH3 is 3. The monoisotopic (exact) mass is 401 g/mol. The number of carbonyl (C=O) groups is 1. The summed E-state index contributed by atoms with van der Waals surface area (Å²) in [5.74, 6) is 0.419. The number of aryl methyl sites for hydroxylation is 1. The van der Waals surface area contributed by atoms with Gasteiger partial charge >= 0.3 is 0 Å². The van der Waals surface area contributed by atoms with E-state index in [1.807, 2.05) is 0 Å². The first-order chi connectivity index (χ1) is 13.4. The van der Waals surface area contributed by atoms with E-state index in [-0.39, 0.29) is 16.1 Å². The van der Waals surface area contributed by atoms with Crippen molar-refractivity contribution in [1.29, 1.82) is 0 Å². The number of fused-ring (bicyclic) bond motifs is 1. The number of hydrogen-bond acceptors (Lipinski definition) is 8. The van der Waals surface area contributed by atoms with E-state index in [0.29, 0.717) is 27.6 Å². The Labute approximate surface area is 164 Å². The van der Waals surface area contributed by atoms with Gasteiger partial charge in [0, 0.05) is 0 Å². The van der Waals surface area contributed by atoms with Crippen molar-refractivity contribution in [2.24, 2.45) is 0 Å². The highest BCUT2D eigenvalue weighted by molar-refractivity contribution is 7.20. The molecule has 0 fully saturated rings. The van der Waals surface area contributed by atoms with Gasteiger partial charge in [-0.05, 0) is 36.3 Å². The van der Waals surface area contributed by atoms with Crippen LogP contribution >= 0.6 is 11.3 Å². The SMILES string of the molecule is COc1cc(/C=C/c2nc3sc(C(=O)[O-])c(C)c3c(=O)[nH]2)cc(OC)c1OC. The fourth-order valence-corrected chi connectivity index (χ4v) is 3.83. The third-order valence-electron chi connectivity index (χ3n) is 4.12. The van der Waals surface area contributed by atoms with Gasteiger partial charge in [-0.25, -0.2) is 4.98 Å². The van der Waals surface area contributed by atoms with Crippen molar-refractivity contribution >= 4 is 39.7 Å². The molecular weight excluding hydrogens is 384 g/mol. The molecule has 0 spiro atoms. The lowest BCUT2D eigenvalue weighted by atomic mass is 10.1. The quantitative estimate of drug-likeness (QED) is 0.670. The van der Waals surface area contributed by atoms with Crippen molar-refractivity contribution < 1.29 is 24.1 Å². The molecular formula is C19H17N2O6S-. The molecule has 0 amide bonds. The highest BCUT2D eigenvalue weighted by atomic mass is 32.1. The Morgan fingerprint density at radius 3 is 2.32 bits per heavy atom. The molecule has 8 nitrogen and oxygen atoms in total. The van der Waals surface area contributed by atoms with Gasteiger partial charge in [0.2, 0.25) is 5.75 Å². The summed E-state index contributed by atoms with van der Waals surface area (Å²) in [6.45, 7) is 1.56. The number of carboxylic acids is 1. The van der Waals surface area contributed by atoms with Crippen molar-refractivity contribution in [1.82, 2.24) is 9.97 Å². The predicted molar refractivity (Wildman–Crippen MR) is 104 cm³/mol. The zero-order valence-corrected chi connectivity index (χ0v) is 16.4. The molecule has 2 aromatic heterocycles. The number of nitrogens with one attached hydrogen (secondary N) is 1.